The molecule has 3 amide bonds. The van der Waals surface area contributed by atoms with Gasteiger partial charge in [0.05, 0.1) is 5.92 Å². The van der Waals surface area contributed by atoms with Gasteiger partial charge in [-0.2, -0.15) is 0 Å². The number of nitrogens with two attached hydrogens (primary N) is 1. The average Bonchev–Trinajstić information content (AvgIpc) is 2.54. The number of amides is 3. The van der Waals surface area contributed by atoms with Crippen molar-refractivity contribution in [3.8, 4) is 0 Å². The largest absolute Gasteiger partial charge is 0.356 e. The summed E-state index contributed by atoms with van der Waals surface area (Å²) in [6.45, 7) is 5.63. The fraction of sp³-hybridized carbons (Fsp3) is 0.556. The minimum Gasteiger partial charge on any atom is -0.356 e. The van der Waals surface area contributed by atoms with Crippen LogP contribution in [0.2, 0.25) is 0 Å². The van der Waals surface area contributed by atoms with Gasteiger partial charge in [0.25, 0.3) is 0 Å². The summed E-state index contributed by atoms with van der Waals surface area (Å²) >= 11 is 0. The molecule has 140 valence electrons. The van der Waals surface area contributed by atoms with Crippen molar-refractivity contribution in [2.75, 3.05) is 25.0 Å². The van der Waals surface area contributed by atoms with Crippen LogP contribution in [0, 0.1) is 12.8 Å². The third-order valence-corrected chi connectivity index (χ3v) is 4.25. The van der Waals surface area contributed by atoms with Crippen molar-refractivity contribution >= 4 is 30.0 Å². The molecule has 0 bridgehead atoms. The third-order valence-electron chi connectivity index (χ3n) is 4.25. The topological polar surface area (TPSA) is 87.5 Å². The molecule has 4 N–H and O–H groups in total. The average molecular weight is 369 g/mol. The van der Waals surface area contributed by atoms with Gasteiger partial charge >= 0.3 is 6.03 Å². The number of carbonyl (C=O) groups excluding carboxylic acids is 2. The summed E-state index contributed by atoms with van der Waals surface area (Å²) in [7, 11) is 0. The van der Waals surface area contributed by atoms with Crippen molar-refractivity contribution < 1.29 is 9.59 Å². The second-order valence-corrected chi connectivity index (χ2v) is 6.64. The highest BCUT2D eigenvalue weighted by Gasteiger charge is 2.28. The molecule has 1 aliphatic rings. The number of likely N-dealkylation sites (tertiary alicyclic amines) is 1. The normalized spacial score (nSPS) is 18.0. The van der Waals surface area contributed by atoms with Crippen molar-refractivity contribution in [2.24, 2.45) is 11.7 Å². The van der Waals surface area contributed by atoms with Crippen LogP contribution in [-0.2, 0) is 4.79 Å². The summed E-state index contributed by atoms with van der Waals surface area (Å²) in [6, 6.07) is 7.63. The van der Waals surface area contributed by atoms with Crippen LogP contribution in [0.25, 0.3) is 0 Å². The first-order valence-corrected chi connectivity index (χ1v) is 8.61. The van der Waals surface area contributed by atoms with Crippen LogP contribution in [0.15, 0.2) is 24.3 Å². The van der Waals surface area contributed by atoms with Gasteiger partial charge in [0, 0.05) is 31.4 Å². The number of carbonyl (C=O) groups is 2. The number of halogens is 1. The molecule has 25 heavy (non-hydrogen) atoms. The van der Waals surface area contributed by atoms with E-state index in [-0.39, 0.29) is 36.3 Å². The molecule has 2 rings (SSSR count). The Hall–Kier alpha value is -1.79. The van der Waals surface area contributed by atoms with Gasteiger partial charge in [-0.05, 0) is 50.8 Å². The molecular formula is C18H29ClN4O2. The number of aryl methyl sites for hydroxylation is 1. The van der Waals surface area contributed by atoms with E-state index in [0.717, 1.165) is 30.5 Å². The zero-order valence-electron chi connectivity index (χ0n) is 15.0. The Balaban J connectivity index is 0.00000312. The Bertz CT molecular complexity index is 580. The van der Waals surface area contributed by atoms with E-state index in [0.29, 0.717) is 19.6 Å². The molecule has 2 atom stereocenters. The van der Waals surface area contributed by atoms with E-state index in [4.69, 9.17) is 5.73 Å². The number of anilines is 1. The molecule has 1 heterocycles. The molecule has 1 aromatic rings. The molecule has 2 unspecified atom stereocenters. The van der Waals surface area contributed by atoms with Gasteiger partial charge in [-0.25, -0.2) is 4.79 Å². The van der Waals surface area contributed by atoms with Gasteiger partial charge in [-0.15, -0.1) is 12.4 Å². The van der Waals surface area contributed by atoms with Crippen molar-refractivity contribution in [1.29, 1.82) is 0 Å². The summed E-state index contributed by atoms with van der Waals surface area (Å²) in [5, 5.41) is 5.83. The van der Waals surface area contributed by atoms with Crippen molar-refractivity contribution in [3.63, 3.8) is 0 Å². The van der Waals surface area contributed by atoms with Crippen LogP contribution < -0.4 is 16.4 Å². The number of urea groups is 1. The molecule has 1 aromatic carbocycles. The van der Waals surface area contributed by atoms with E-state index in [1.807, 2.05) is 38.1 Å². The number of nitrogens with zero attached hydrogens (tertiary/aromatic N) is 1. The maximum atomic E-state index is 12.4. The van der Waals surface area contributed by atoms with Gasteiger partial charge < -0.3 is 21.3 Å². The Morgan fingerprint density at radius 2 is 2.16 bits per heavy atom. The fourth-order valence-electron chi connectivity index (χ4n) is 2.87. The first kappa shape index (κ1) is 21.3. The fourth-order valence-corrected chi connectivity index (χ4v) is 2.87. The van der Waals surface area contributed by atoms with Crippen LogP contribution >= 0.6 is 12.4 Å². The Kier molecular flexibility index (Phi) is 8.72. The summed E-state index contributed by atoms with van der Waals surface area (Å²) < 4.78 is 0. The predicted octanol–water partition coefficient (Wildman–Crippen LogP) is 2.51. The lowest BCUT2D eigenvalue weighted by atomic mass is 9.97. The molecule has 6 nitrogen and oxygen atoms in total. The molecule has 0 aliphatic carbocycles. The maximum Gasteiger partial charge on any atom is 0.321 e. The van der Waals surface area contributed by atoms with Crippen LogP contribution in [-0.4, -0.2) is 42.5 Å². The number of hydrogen-bond acceptors (Lipinski definition) is 3. The summed E-state index contributed by atoms with van der Waals surface area (Å²) in [5.74, 6) is -0.126. The molecule has 0 aromatic heterocycles. The molecule has 0 saturated carbocycles. The van der Waals surface area contributed by atoms with Crippen molar-refractivity contribution in [1.82, 2.24) is 10.2 Å². The molecule has 0 radical (unpaired) electrons. The Morgan fingerprint density at radius 1 is 1.40 bits per heavy atom. The lowest BCUT2D eigenvalue weighted by Gasteiger charge is -2.32. The molecule has 1 fully saturated rings. The number of piperidine rings is 1. The Morgan fingerprint density at radius 3 is 2.84 bits per heavy atom. The number of nitrogens with one attached hydrogen (secondary N) is 2. The van der Waals surface area contributed by atoms with Gasteiger partial charge in [0.2, 0.25) is 5.91 Å². The van der Waals surface area contributed by atoms with Gasteiger partial charge in [0.15, 0.2) is 0 Å². The minimum absolute atomic E-state index is 0. The van der Waals surface area contributed by atoms with Crippen LogP contribution in [0.1, 0.15) is 31.7 Å². The quantitative estimate of drug-likeness (QED) is 0.746. The molecular weight excluding hydrogens is 340 g/mol. The maximum absolute atomic E-state index is 12.4. The van der Waals surface area contributed by atoms with Gasteiger partial charge in [0.1, 0.15) is 0 Å². The number of hydrogen-bond donors (Lipinski definition) is 3. The van der Waals surface area contributed by atoms with Crippen LogP contribution in [0.3, 0.4) is 0 Å². The number of rotatable bonds is 5. The summed E-state index contributed by atoms with van der Waals surface area (Å²) in [5.41, 5.74) is 7.57. The van der Waals surface area contributed by atoms with Crippen LogP contribution in [0.5, 0.6) is 0 Å². The molecule has 1 saturated heterocycles. The Labute approximate surface area is 155 Å². The highest BCUT2D eigenvalue weighted by atomic mass is 35.5. The van der Waals surface area contributed by atoms with E-state index in [1.54, 1.807) is 4.90 Å². The molecule has 0 spiro atoms. The van der Waals surface area contributed by atoms with E-state index in [2.05, 4.69) is 10.6 Å². The molecule has 7 heteroatoms. The monoisotopic (exact) mass is 368 g/mol. The van der Waals surface area contributed by atoms with E-state index in [9.17, 15) is 9.59 Å². The van der Waals surface area contributed by atoms with E-state index >= 15 is 0 Å². The minimum atomic E-state index is -0.145. The lowest BCUT2D eigenvalue weighted by molar-refractivity contribution is -0.126. The number of benzene rings is 1. The summed E-state index contributed by atoms with van der Waals surface area (Å²) in [6.07, 6.45) is 2.42. The third kappa shape index (κ3) is 6.92. The van der Waals surface area contributed by atoms with E-state index < -0.39 is 0 Å². The van der Waals surface area contributed by atoms with Crippen molar-refractivity contribution in [3.05, 3.63) is 29.8 Å². The summed E-state index contributed by atoms with van der Waals surface area (Å²) in [4.78, 5) is 26.4. The SMILES string of the molecule is Cc1cccc(NC(=O)N2CCCC(C(=O)NCCC(C)N)C2)c1.Cl. The lowest BCUT2D eigenvalue weighted by Crippen LogP contribution is -2.47. The molecule has 1 aliphatic heterocycles. The predicted molar refractivity (Wildman–Crippen MR) is 103 cm³/mol. The van der Waals surface area contributed by atoms with Crippen LogP contribution in [0.4, 0.5) is 10.5 Å². The highest BCUT2D eigenvalue weighted by Crippen LogP contribution is 2.18. The van der Waals surface area contributed by atoms with Gasteiger partial charge in [-0.1, -0.05) is 12.1 Å². The van der Waals surface area contributed by atoms with Crippen molar-refractivity contribution in [2.45, 2.75) is 39.2 Å². The van der Waals surface area contributed by atoms with E-state index in [1.165, 1.54) is 0 Å². The highest BCUT2D eigenvalue weighted by molar-refractivity contribution is 5.90. The first-order valence-electron chi connectivity index (χ1n) is 8.61. The zero-order chi connectivity index (χ0) is 17.5. The zero-order valence-corrected chi connectivity index (χ0v) is 15.8. The smallest absolute Gasteiger partial charge is 0.321 e. The first-order chi connectivity index (χ1) is 11.5. The standard InChI is InChI=1S/C18H28N4O2.ClH/c1-13-5-3-7-16(11-13)21-18(24)22-10-4-6-15(12-22)17(23)20-9-8-14(2)19;/h3,5,7,11,14-15H,4,6,8-10,12,19H2,1-2H3,(H,20,23)(H,21,24);1H. The van der Waals surface area contributed by atoms with Gasteiger partial charge in [-0.3, -0.25) is 4.79 Å². The second kappa shape index (κ2) is 10.3. The second-order valence-electron chi connectivity index (χ2n) is 6.64.